The number of halogens is 1. The van der Waals surface area contributed by atoms with Gasteiger partial charge in [0, 0.05) is 24.0 Å². The van der Waals surface area contributed by atoms with E-state index in [0.29, 0.717) is 48.0 Å². The van der Waals surface area contributed by atoms with Crippen molar-refractivity contribution in [2.75, 3.05) is 18.0 Å². The Bertz CT molecular complexity index is 1190. The molecule has 0 aliphatic carbocycles. The van der Waals surface area contributed by atoms with Gasteiger partial charge in [0.25, 0.3) is 0 Å². The van der Waals surface area contributed by atoms with E-state index < -0.39 is 27.0 Å². The standard InChI is InChI=1S/C21H21ClN4O4S2/c1-13-18(21(28)31)10-16(11-23)19(24-13)26-8-6-15(7-9-26)20(27)25-32(29,30)12-14-2-4-17(22)5-3-14/h2-5,10,15H,6-9,12H2,1H3,(H,25,27)(H,28,31). The Kier molecular flexibility index (Phi) is 7.44. The highest BCUT2D eigenvalue weighted by Gasteiger charge is 2.29. The second kappa shape index (κ2) is 9.90. The zero-order valence-electron chi connectivity index (χ0n) is 17.2. The number of nitrogens with zero attached hydrogens (tertiary/aromatic N) is 3. The Labute approximate surface area is 197 Å². The summed E-state index contributed by atoms with van der Waals surface area (Å²) in [6.07, 6.45) is 0.808. The van der Waals surface area contributed by atoms with E-state index in [-0.39, 0.29) is 16.9 Å². The van der Waals surface area contributed by atoms with Gasteiger partial charge < -0.3 is 4.90 Å². The normalized spacial score (nSPS) is 14.6. The lowest BCUT2D eigenvalue weighted by Crippen LogP contribution is -2.43. The maximum Gasteiger partial charge on any atom is 0.239 e. The van der Waals surface area contributed by atoms with Crippen molar-refractivity contribution < 1.29 is 18.0 Å². The number of carbonyl (C=O) groups excluding carboxylic acids is 2. The highest BCUT2D eigenvalue weighted by Crippen LogP contribution is 2.27. The van der Waals surface area contributed by atoms with Crippen LogP contribution in [0.3, 0.4) is 0 Å². The van der Waals surface area contributed by atoms with Crippen molar-refractivity contribution in [1.29, 1.82) is 5.26 Å². The van der Waals surface area contributed by atoms with Crippen molar-refractivity contribution in [3.05, 3.63) is 57.7 Å². The van der Waals surface area contributed by atoms with Gasteiger partial charge in [-0.15, -0.1) is 12.6 Å². The minimum atomic E-state index is -3.84. The molecule has 0 radical (unpaired) electrons. The number of rotatable bonds is 6. The lowest BCUT2D eigenvalue weighted by Gasteiger charge is -2.32. The molecule has 1 amide bonds. The van der Waals surface area contributed by atoms with Crippen LogP contribution in [0.2, 0.25) is 5.02 Å². The van der Waals surface area contributed by atoms with Gasteiger partial charge in [0.1, 0.15) is 11.9 Å². The smallest absolute Gasteiger partial charge is 0.239 e. The Balaban J connectivity index is 1.63. The first-order valence-electron chi connectivity index (χ1n) is 9.78. The van der Waals surface area contributed by atoms with Crippen molar-refractivity contribution in [2.24, 2.45) is 5.92 Å². The first kappa shape index (κ1) is 24.0. The van der Waals surface area contributed by atoms with Crippen LogP contribution in [0.4, 0.5) is 5.82 Å². The fourth-order valence-electron chi connectivity index (χ4n) is 3.56. The van der Waals surface area contributed by atoms with Crippen LogP contribution in [-0.2, 0) is 20.6 Å². The van der Waals surface area contributed by atoms with E-state index in [1.54, 1.807) is 31.2 Å². The molecule has 1 aliphatic rings. The molecule has 1 fully saturated rings. The number of hydrogen-bond donors (Lipinski definition) is 2. The van der Waals surface area contributed by atoms with Gasteiger partial charge in [0.2, 0.25) is 21.0 Å². The molecule has 0 saturated carbocycles. The van der Waals surface area contributed by atoms with Gasteiger partial charge in [0.15, 0.2) is 0 Å². The number of thiol groups is 1. The number of pyridine rings is 1. The van der Waals surface area contributed by atoms with Gasteiger partial charge >= 0.3 is 0 Å². The molecule has 2 heterocycles. The second-order valence-corrected chi connectivity index (χ2v) is 10.1. The van der Waals surface area contributed by atoms with Crippen LogP contribution in [0, 0.1) is 24.2 Å². The molecule has 0 atom stereocenters. The van der Waals surface area contributed by atoms with Crippen molar-refractivity contribution in [3.63, 3.8) is 0 Å². The fourth-order valence-corrected chi connectivity index (χ4v) is 5.09. The molecule has 1 N–H and O–H groups in total. The first-order chi connectivity index (χ1) is 15.1. The molecule has 1 aliphatic heterocycles. The monoisotopic (exact) mass is 492 g/mol. The van der Waals surface area contributed by atoms with E-state index in [1.165, 1.54) is 6.07 Å². The second-order valence-electron chi connectivity index (χ2n) is 7.52. The summed E-state index contributed by atoms with van der Waals surface area (Å²) in [7, 11) is -3.84. The summed E-state index contributed by atoms with van der Waals surface area (Å²) >= 11 is 9.62. The summed E-state index contributed by atoms with van der Waals surface area (Å²) < 4.78 is 26.9. The van der Waals surface area contributed by atoms with Crippen molar-refractivity contribution in [1.82, 2.24) is 9.71 Å². The van der Waals surface area contributed by atoms with Gasteiger partial charge in [-0.1, -0.05) is 23.7 Å². The van der Waals surface area contributed by atoms with Crippen LogP contribution < -0.4 is 9.62 Å². The zero-order chi connectivity index (χ0) is 23.5. The van der Waals surface area contributed by atoms with Crippen molar-refractivity contribution >= 4 is 51.1 Å². The molecular formula is C21H21ClN4O4S2. The molecule has 2 aromatic rings. The molecule has 3 rings (SSSR count). The maximum absolute atomic E-state index is 12.6. The number of aromatic nitrogens is 1. The number of hydrogen-bond acceptors (Lipinski definition) is 7. The predicted octanol–water partition coefficient (Wildman–Crippen LogP) is 2.85. The minimum absolute atomic E-state index is 0.251. The van der Waals surface area contributed by atoms with Crippen LogP contribution in [0.15, 0.2) is 30.3 Å². The molecule has 1 aromatic heterocycles. The van der Waals surface area contributed by atoms with Crippen LogP contribution in [0.25, 0.3) is 0 Å². The highest BCUT2D eigenvalue weighted by atomic mass is 35.5. The fraction of sp³-hybridized carbons (Fsp3) is 0.333. The zero-order valence-corrected chi connectivity index (χ0v) is 19.7. The number of sulfonamides is 1. The molecule has 0 bridgehead atoms. The Morgan fingerprint density at radius 3 is 2.47 bits per heavy atom. The van der Waals surface area contributed by atoms with E-state index in [9.17, 15) is 23.3 Å². The third kappa shape index (κ3) is 5.79. The quantitative estimate of drug-likeness (QED) is 0.595. The van der Waals surface area contributed by atoms with Crippen LogP contribution >= 0.6 is 24.2 Å². The number of benzene rings is 1. The summed E-state index contributed by atoms with van der Waals surface area (Å²) in [5.41, 5.74) is 1.51. The largest absolute Gasteiger partial charge is 0.355 e. The van der Waals surface area contributed by atoms with E-state index in [1.807, 2.05) is 11.0 Å². The SMILES string of the molecule is Cc1nc(N2CCC(C(=O)NS(=O)(=O)Cc3ccc(Cl)cc3)CC2)c(C#N)cc1C(=O)S. The van der Waals surface area contributed by atoms with E-state index >= 15 is 0 Å². The molecule has 1 aromatic carbocycles. The van der Waals surface area contributed by atoms with Crippen molar-refractivity contribution in [2.45, 2.75) is 25.5 Å². The topological polar surface area (TPSA) is 120 Å². The van der Waals surface area contributed by atoms with Crippen LogP contribution in [0.1, 0.15) is 40.0 Å². The number of carbonyl (C=O) groups is 2. The van der Waals surface area contributed by atoms with Gasteiger partial charge in [-0.25, -0.2) is 13.4 Å². The van der Waals surface area contributed by atoms with Gasteiger partial charge in [-0.3, -0.25) is 14.3 Å². The number of aryl methyl sites for hydroxylation is 1. The molecule has 11 heteroatoms. The average Bonchev–Trinajstić information content (AvgIpc) is 2.74. The van der Waals surface area contributed by atoms with E-state index in [4.69, 9.17) is 11.6 Å². The first-order valence-corrected chi connectivity index (χ1v) is 12.3. The van der Waals surface area contributed by atoms with Gasteiger partial charge in [-0.2, -0.15) is 5.26 Å². The molecular weight excluding hydrogens is 472 g/mol. The minimum Gasteiger partial charge on any atom is -0.355 e. The van der Waals surface area contributed by atoms with Crippen LogP contribution in [0.5, 0.6) is 0 Å². The Hall–Kier alpha value is -2.61. The Morgan fingerprint density at radius 2 is 1.91 bits per heavy atom. The number of anilines is 1. The maximum atomic E-state index is 12.6. The number of nitriles is 1. The molecule has 0 unspecified atom stereocenters. The lowest BCUT2D eigenvalue weighted by atomic mass is 9.96. The predicted molar refractivity (Wildman–Crippen MR) is 124 cm³/mol. The van der Waals surface area contributed by atoms with E-state index in [2.05, 4.69) is 22.3 Å². The molecule has 168 valence electrons. The molecule has 8 nitrogen and oxygen atoms in total. The number of amides is 1. The number of piperidine rings is 1. The third-order valence-corrected chi connectivity index (χ3v) is 6.95. The summed E-state index contributed by atoms with van der Waals surface area (Å²) in [5.74, 6) is -0.896. The van der Waals surface area contributed by atoms with Crippen molar-refractivity contribution in [3.8, 4) is 6.07 Å². The molecule has 0 spiro atoms. The molecule has 1 saturated heterocycles. The van der Waals surface area contributed by atoms with Crippen LogP contribution in [-0.4, -0.2) is 37.5 Å². The van der Waals surface area contributed by atoms with Gasteiger partial charge in [-0.05, 0) is 43.5 Å². The van der Waals surface area contributed by atoms with Gasteiger partial charge in [0.05, 0.1) is 22.6 Å². The van der Waals surface area contributed by atoms with E-state index in [0.717, 1.165) is 0 Å². The summed E-state index contributed by atoms with van der Waals surface area (Å²) in [4.78, 5) is 30.4. The highest BCUT2D eigenvalue weighted by molar-refractivity contribution is 7.97. The summed E-state index contributed by atoms with van der Waals surface area (Å²) in [6.45, 7) is 2.51. The Morgan fingerprint density at radius 1 is 1.28 bits per heavy atom. The molecule has 32 heavy (non-hydrogen) atoms. The summed E-state index contributed by atoms with van der Waals surface area (Å²) in [5, 5.41) is 9.49. The average molecular weight is 493 g/mol. The lowest BCUT2D eigenvalue weighted by molar-refractivity contribution is -0.123. The number of nitrogens with one attached hydrogen (secondary N) is 1. The summed E-state index contributed by atoms with van der Waals surface area (Å²) in [6, 6.07) is 9.89. The third-order valence-electron chi connectivity index (χ3n) is 5.24.